The van der Waals surface area contributed by atoms with Gasteiger partial charge in [-0.1, -0.05) is 25.5 Å². The fourth-order valence-electron chi connectivity index (χ4n) is 3.96. The minimum Gasteiger partial charge on any atom is -0.494 e. The highest BCUT2D eigenvalue weighted by Gasteiger charge is 2.34. The van der Waals surface area contributed by atoms with Crippen molar-refractivity contribution < 1.29 is 9.53 Å². The molecule has 2 saturated heterocycles. The molecule has 2 N–H and O–H groups in total. The summed E-state index contributed by atoms with van der Waals surface area (Å²) in [4.78, 5) is 12.3. The Balaban J connectivity index is 0.00000225. The van der Waals surface area contributed by atoms with Gasteiger partial charge in [0.15, 0.2) is 0 Å². The van der Waals surface area contributed by atoms with Crippen LogP contribution in [0.1, 0.15) is 57.4 Å². The summed E-state index contributed by atoms with van der Waals surface area (Å²) in [5.74, 6) is 1.62. The number of nitrogens with one attached hydrogen (secondary N) is 2. The molecule has 0 radical (unpaired) electrons. The van der Waals surface area contributed by atoms with Crippen molar-refractivity contribution >= 4 is 18.3 Å². The van der Waals surface area contributed by atoms with Gasteiger partial charge in [-0.15, -0.1) is 12.4 Å². The molecular formula is C20H31ClN2O2. The van der Waals surface area contributed by atoms with Gasteiger partial charge in [0.25, 0.3) is 0 Å². The van der Waals surface area contributed by atoms with Crippen LogP contribution in [0.4, 0.5) is 0 Å². The predicted octanol–water partition coefficient (Wildman–Crippen LogP) is 3.82. The Kier molecular flexibility index (Phi) is 8.04. The molecule has 1 aromatic rings. The zero-order valence-electron chi connectivity index (χ0n) is 15.1. The summed E-state index contributed by atoms with van der Waals surface area (Å²) in [5.41, 5.74) is 1.10. The molecule has 0 spiro atoms. The number of carbonyl (C=O) groups is 1. The first-order valence-electron chi connectivity index (χ1n) is 9.47. The van der Waals surface area contributed by atoms with Crippen LogP contribution in [0.3, 0.4) is 0 Å². The van der Waals surface area contributed by atoms with Crippen molar-refractivity contribution in [2.45, 2.75) is 70.5 Å². The molecule has 2 heterocycles. The van der Waals surface area contributed by atoms with Crippen molar-refractivity contribution in [3.63, 3.8) is 0 Å². The number of rotatable bonds is 8. The van der Waals surface area contributed by atoms with Gasteiger partial charge in [-0.2, -0.15) is 0 Å². The molecule has 1 aromatic carbocycles. The molecule has 2 aliphatic heterocycles. The van der Waals surface area contributed by atoms with Crippen LogP contribution < -0.4 is 15.4 Å². The third kappa shape index (κ3) is 6.19. The third-order valence-electron chi connectivity index (χ3n) is 5.20. The number of halogens is 1. The van der Waals surface area contributed by atoms with E-state index in [0.717, 1.165) is 43.6 Å². The number of hydrogen-bond acceptors (Lipinski definition) is 3. The highest BCUT2D eigenvalue weighted by atomic mass is 35.5. The van der Waals surface area contributed by atoms with Gasteiger partial charge in [-0.05, 0) is 55.7 Å². The molecule has 2 fully saturated rings. The van der Waals surface area contributed by atoms with E-state index in [9.17, 15) is 4.79 Å². The molecule has 1 amide bonds. The molecule has 5 heteroatoms. The Bertz CT molecular complexity index is 540. The molecule has 4 nitrogen and oxygen atoms in total. The van der Waals surface area contributed by atoms with E-state index in [-0.39, 0.29) is 18.3 Å². The van der Waals surface area contributed by atoms with Gasteiger partial charge in [0, 0.05) is 25.0 Å². The largest absolute Gasteiger partial charge is 0.494 e. The number of piperidine rings is 1. The fourth-order valence-corrected chi connectivity index (χ4v) is 3.96. The second kappa shape index (κ2) is 10.0. The van der Waals surface area contributed by atoms with Crippen molar-refractivity contribution in [1.82, 2.24) is 10.6 Å². The van der Waals surface area contributed by atoms with Crippen molar-refractivity contribution in [2.75, 3.05) is 6.61 Å². The van der Waals surface area contributed by atoms with E-state index in [2.05, 4.69) is 17.6 Å². The summed E-state index contributed by atoms with van der Waals surface area (Å²) >= 11 is 0. The van der Waals surface area contributed by atoms with E-state index in [4.69, 9.17) is 4.74 Å². The number of amides is 1. The Morgan fingerprint density at radius 2 is 2.04 bits per heavy atom. The van der Waals surface area contributed by atoms with E-state index in [1.807, 2.05) is 24.3 Å². The van der Waals surface area contributed by atoms with Crippen LogP contribution in [0.15, 0.2) is 24.3 Å². The number of carbonyl (C=O) groups excluding carboxylic acids is 1. The number of ether oxygens (including phenoxy) is 1. The normalized spacial score (nSPS) is 24.4. The lowest BCUT2D eigenvalue weighted by molar-refractivity contribution is -0.122. The van der Waals surface area contributed by atoms with E-state index < -0.39 is 0 Å². The zero-order chi connectivity index (χ0) is 16.8. The highest BCUT2D eigenvalue weighted by Crippen LogP contribution is 2.32. The molecule has 25 heavy (non-hydrogen) atoms. The lowest BCUT2D eigenvalue weighted by Crippen LogP contribution is -2.39. The van der Waals surface area contributed by atoms with Crippen LogP contribution in [-0.2, 0) is 11.3 Å². The van der Waals surface area contributed by atoms with Crippen molar-refractivity contribution in [3.05, 3.63) is 29.8 Å². The maximum absolute atomic E-state index is 12.3. The lowest BCUT2D eigenvalue weighted by Gasteiger charge is -2.28. The smallest absolute Gasteiger partial charge is 0.220 e. The van der Waals surface area contributed by atoms with E-state index in [1.165, 1.54) is 12.8 Å². The SMILES string of the molecule is CCCCOc1cccc(CNC(=O)CC2CC3CCC(C2)N3)c1.Cl. The van der Waals surface area contributed by atoms with Gasteiger partial charge in [-0.25, -0.2) is 0 Å². The minimum absolute atomic E-state index is 0. The Morgan fingerprint density at radius 1 is 1.28 bits per heavy atom. The van der Waals surface area contributed by atoms with Crippen molar-refractivity contribution in [2.24, 2.45) is 5.92 Å². The number of unbranched alkanes of at least 4 members (excludes halogenated alkanes) is 1. The van der Waals surface area contributed by atoms with Gasteiger partial charge in [0.1, 0.15) is 5.75 Å². The van der Waals surface area contributed by atoms with Gasteiger partial charge in [0.05, 0.1) is 6.61 Å². The maximum atomic E-state index is 12.3. The van der Waals surface area contributed by atoms with E-state index in [0.29, 0.717) is 31.0 Å². The van der Waals surface area contributed by atoms with Crippen LogP contribution in [0.2, 0.25) is 0 Å². The predicted molar refractivity (Wildman–Crippen MR) is 103 cm³/mol. The molecule has 0 aromatic heterocycles. The van der Waals surface area contributed by atoms with Crippen LogP contribution in [0.5, 0.6) is 5.75 Å². The summed E-state index contributed by atoms with van der Waals surface area (Å²) in [6.45, 7) is 3.50. The molecule has 2 unspecified atom stereocenters. The molecule has 2 aliphatic rings. The van der Waals surface area contributed by atoms with Gasteiger partial charge < -0.3 is 15.4 Å². The second-order valence-electron chi connectivity index (χ2n) is 7.31. The highest BCUT2D eigenvalue weighted by molar-refractivity contribution is 5.85. The monoisotopic (exact) mass is 366 g/mol. The molecule has 2 atom stereocenters. The molecule has 2 bridgehead atoms. The topological polar surface area (TPSA) is 50.4 Å². The van der Waals surface area contributed by atoms with Gasteiger partial charge in [0.2, 0.25) is 5.91 Å². The molecule has 3 rings (SSSR count). The van der Waals surface area contributed by atoms with Crippen molar-refractivity contribution in [3.8, 4) is 5.75 Å². The summed E-state index contributed by atoms with van der Waals surface area (Å²) in [5, 5.41) is 6.71. The van der Waals surface area contributed by atoms with Gasteiger partial charge >= 0.3 is 0 Å². The molecule has 0 saturated carbocycles. The van der Waals surface area contributed by atoms with Crippen molar-refractivity contribution in [1.29, 1.82) is 0 Å². The Hall–Kier alpha value is -1.26. The first-order valence-corrected chi connectivity index (χ1v) is 9.47. The molecule has 140 valence electrons. The third-order valence-corrected chi connectivity index (χ3v) is 5.20. The van der Waals surface area contributed by atoms with Crippen LogP contribution in [0, 0.1) is 5.92 Å². The Labute approximate surface area is 157 Å². The number of hydrogen-bond donors (Lipinski definition) is 2. The first kappa shape index (κ1) is 20.1. The summed E-state index contributed by atoms with van der Waals surface area (Å²) in [6, 6.07) is 9.34. The van der Waals surface area contributed by atoms with Crippen LogP contribution >= 0.6 is 12.4 Å². The molecular weight excluding hydrogens is 336 g/mol. The summed E-state index contributed by atoms with van der Waals surface area (Å²) < 4.78 is 5.73. The minimum atomic E-state index is 0. The summed E-state index contributed by atoms with van der Waals surface area (Å²) in [7, 11) is 0. The fraction of sp³-hybridized carbons (Fsp3) is 0.650. The number of benzene rings is 1. The van der Waals surface area contributed by atoms with Crippen LogP contribution in [-0.4, -0.2) is 24.6 Å². The lowest BCUT2D eigenvalue weighted by atomic mass is 9.89. The first-order chi connectivity index (χ1) is 11.7. The zero-order valence-corrected chi connectivity index (χ0v) is 15.9. The average molecular weight is 367 g/mol. The van der Waals surface area contributed by atoms with E-state index in [1.54, 1.807) is 0 Å². The van der Waals surface area contributed by atoms with E-state index >= 15 is 0 Å². The van der Waals surface area contributed by atoms with Gasteiger partial charge in [-0.3, -0.25) is 4.79 Å². The van der Waals surface area contributed by atoms with Crippen LogP contribution in [0.25, 0.3) is 0 Å². The quantitative estimate of drug-likeness (QED) is 0.687. The second-order valence-corrected chi connectivity index (χ2v) is 7.31. The Morgan fingerprint density at radius 3 is 2.76 bits per heavy atom. The number of fused-ring (bicyclic) bond motifs is 2. The standard InChI is InChI=1S/C20H30N2O2.ClH/c1-2-3-9-24-19-6-4-5-15(12-19)14-21-20(23)13-16-10-17-7-8-18(11-16)22-17;/h4-6,12,16-18,22H,2-3,7-11,13-14H2,1H3,(H,21,23);1H. The molecule has 0 aliphatic carbocycles. The average Bonchev–Trinajstić information content (AvgIpc) is 2.92. The summed E-state index contributed by atoms with van der Waals surface area (Å²) in [6.07, 6.45) is 7.76. The maximum Gasteiger partial charge on any atom is 0.220 e.